The van der Waals surface area contributed by atoms with E-state index in [1.165, 1.54) is 6.07 Å². The van der Waals surface area contributed by atoms with Crippen LogP contribution < -0.4 is 11.1 Å². The lowest BCUT2D eigenvalue weighted by Crippen LogP contribution is -2.22. The van der Waals surface area contributed by atoms with Crippen LogP contribution in [-0.4, -0.2) is 34.2 Å². The minimum absolute atomic E-state index is 0.183. The number of rotatable bonds is 7. The number of hydrogen-bond donors (Lipinski definition) is 2. The van der Waals surface area contributed by atoms with E-state index in [-0.39, 0.29) is 11.1 Å². The van der Waals surface area contributed by atoms with Gasteiger partial charge in [-0.05, 0) is 35.7 Å². The number of nitrogens with one attached hydrogen (secondary N) is 1. The average molecular weight is 481 g/mol. The van der Waals surface area contributed by atoms with Gasteiger partial charge in [-0.25, -0.2) is 9.48 Å². The summed E-state index contributed by atoms with van der Waals surface area (Å²) < 4.78 is 6.79. The molecule has 10 heteroatoms. The van der Waals surface area contributed by atoms with E-state index < -0.39 is 24.4 Å². The molecule has 3 N–H and O–H groups in total. The Hall–Kier alpha value is -3.95. The number of para-hydroxylation sites is 1. The fourth-order valence-electron chi connectivity index (χ4n) is 3.03. The van der Waals surface area contributed by atoms with Crippen LogP contribution in [0.3, 0.4) is 0 Å². The number of aromatic nitrogens is 2. The van der Waals surface area contributed by atoms with E-state index in [9.17, 15) is 14.4 Å². The summed E-state index contributed by atoms with van der Waals surface area (Å²) in [6.45, 7) is -0.550. The van der Waals surface area contributed by atoms with Gasteiger partial charge in [0.1, 0.15) is 16.3 Å². The van der Waals surface area contributed by atoms with Crippen molar-refractivity contribution in [3.8, 4) is 16.9 Å². The normalized spacial score (nSPS) is 10.6. The summed E-state index contributed by atoms with van der Waals surface area (Å²) in [6, 6.07) is 17.6. The van der Waals surface area contributed by atoms with Gasteiger partial charge < -0.3 is 15.8 Å². The van der Waals surface area contributed by atoms with Gasteiger partial charge in [0.25, 0.3) is 11.8 Å². The van der Waals surface area contributed by atoms with E-state index in [2.05, 4.69) is 10.4 Å². The topological polar surface area (TPSA) is 116 Å². The second-order valence-electron chi connectivity index (χ2n) is 6.83. The van der Waals surface area contributed by atoms with Gasteiger partial charge in [0.15, 0.2) is 6.61 Å². The maximum Gasteiger partial charge on any atom is 0.342 e. The van der Waals surface area contributed by atoms with Crippen molar-refractivity contribution in [1.82, 2.24) is 9.78 Å². The van der Waals surface area contributed by atoms with Gasteiger partial charge in [-0.15, -0.1) is 11.3 Å². The Bertz CT molecular complexity index is 1320. The van der Waals surface area contributed by atoms with Gasteiger partial charge >= 0.3 is 5.97 Å². The van der Waals surface area contributed by atoms with E-state index in [0.29, 0.717) is 21.3 Å². The van der Waals surface area contributed by atoms with Gasteiger partial charge in [0, 0.05) is 16.8 Å². The van der Waals surface area contributed by atoms with Crippen LogP contribution in [0.15, 0.2) is 72.2 Å². The molecule has 2 aromatic heterocycles. The third-order valence-electron chi connectivity index (χ3n) is 4.59. The molecule has 0 aliphatic carbocycles. The summed E-state index contributed by atoms with van der Waals surface area (Å²) in [5.74, 6) is -1.99. The lowest BCUT2D eigenvalue weighted by Gasteiger charge is -2.06. The number of amides is 2. The van der Waals surface area contributed by atoms with E-state index in [1.807, 2.05) is 30.3 Å². The summed E-state index contributed by atoms with van der Waals surface area (Å²) in [6.07, 6.45) is 1.55. The second-order valence-corrected chi connectivity index (χ2v) is 8.18. The van der Waals surface area contributed by atoms with Crippen molar-refractivity contribution in [2.24, 2.45) is 5.73 Å². The predicted molar refractivity (Wildman–Crippen MR) is 126 cm³/mol. The minimum Gasteiger partial charge on any atom is -0.452 e. The third kappa shape index (κ3) is 5.11. The molecule has 4 rings (SSSR count). The van der Waals surface area contributed by atoms with Crippen LogP contribution in [0.1, 0.15) is 20.7 Å². The average Bonchev–Trinajstić information content (AvgIpc) is 3.46. The highest BCUT2D eigenvalue weighted by molar-refractivity contribution is 7.14. The molecule has 0 saturated heterocycles. The molecule has 0 bridgehead atoms. The smallest absolute Gasteiger partial charge is 0.342 e. The molecule has 0 radical (unpaired) electrons. The van der Waals surface area contributed by atoms with Gasteiger partial charge in [0.05, 0.1) is 11.3 Å². The van der Waals surface area contributed by atoms with Gasteiger partial charge in [0.2, 0.25) is 0 Å². The molecule has 2 aromatic carbocycles. The van der Waals surface area contributed by atoms with Crippen LogP contribution in [-0.2, 0) is 9.53 Å². The molecule has 0 spiro atoms. The first-order valence-electron chi connectivity index (χ1n) is 9.67. The zero-order chi connectivity index (χ0) is 23.4. The number of halogens is 1. The van der Waals surface area contributed by atoms with Gasteiger partial charge in [-0.2, -0.15) is 5.10 Å². The molecule has 0 saturated carbocycles. The lowest BCUT2D eigenvalue weighted by molar-refractivity contribution is -0.119. The number of anilines is 1. The van der Waals surface area contributed by atoms with Crippen LogP contribution in [0, 0.1) is 0 Å². The predicted octanol–water partition coefficient (Wildman–Crippen LogP) is 4.15. The number of ether oxygens (including phenoxy) is 1. The molecule has 166 valence electrons. The van der Waals surface area contributed by atoms with Crippen LogP contribution >= 0.6 is 22.9 Å². The highest BCUT2D eigenvalue weighted by atomic mass is 35.5. The largest absolute Gasteiger partial charge is 0.452 e. The number of carbonyl (C=O) groups is 3. The van der Waals surface area contributed by atoms with E-state index >= 15 is 0 Å². The van der Waals surface area contributed by atoms with Crippen molar-refractivity contribution in [3.63, 3.8) is 0 Å². The zero-order valence-electron chi connectivity index (χ0n) is 17.0. The summed E-state index contributed by atoms with van der Waals surface area (Å²) in [4.78, 5) is 36.6. The fourth-order valence-corrected chi connectivity index (χ4v) is 3.96. The number of nitrogens with two attached hydrogens (primary N) is 1. The molecule has 4 aromatic rings. The number of thiophene rings is 1. The Morgan fingerprint density at radius 2 is 1.76 bits per heavy atom. The highest BCUT2D eigenvalue weighted by Crippen LogP contribution is 2.26. The second kappa shape index (κ2) is 9.68. The van der Waals surface area contributed by atoms with Crippen LogP contribution in [0.4, 0.5) is 5.00 Å². The zero-order valence-corrected chi connectivity index (χ0v) is 18.6. The van der Waals surface area contributed by atoms with Crippen molar-refractivity contribution >= 4 is 45.7 Å². The fraction of sp³-hybridized carbons (Fsp3) is 0.0435. The van der Waals surface area contributed by atoms with E-state index in [4.69, 9.17) is 22.1 Å². The Morgan fingerprint density at radius 1 is 1.03 bits per heavy atom. The monoisotopic (exact) mass is 480 g/mol. The number of benzene rings is 2. The van der Waals surface area contributed by atoms with E-state index in [1.54, 1.807) is 40.5 Å². The number of nitrogens with zero attached hydrogens (tertiary/aromatic N) is 2. The van der Waals surface area contributed by atoms with Crippen molar-refractivity contribution < 1.29 is 19.1 Å². The number of esters is 1. The Labute approximate surface area is 197 Å². The van der Waals surface area contributed by atoms with Crippen LogP contribution in [0.25, 0.3) is 16.9 Å². The molecule has 0 aliphatic heterocycles. The maximum absolute atomic E-state index is 12.9. The summed E-state index contributed by atoms with van der Waals surface area (Å²) in [7, 11) is 0. The van der Waals surface area contributed by atoms with Crippen molar-refractivity contribution in [3.05, 3.63) is 88.4 Å². The molecule has 0 aliphatic rings. The van der Waals surface area contributed by atoms with Crippen molar-refractivity contribution in [2.75, 3.05) is 11.9 Å². The number of hydrogen-bond acceptors (Lipinski definition) is 6. The summed E-state index contributed by atoms with van der Waals surface area (Å²) in [5, 5.41) is 9.54. The van der Waals surface area contributed by atoms with Crippen molar-refractivity contribution in [1.29, 1.82) is 0 Å². The highest BCUT2D eigenvalue weighted by Gasteiger charge is 2.21. The molecule has 0 fully saturated rings. The Kier molecular flexibility index (Phi) is 6.53. The molecular weight excluding hydrogens is 464 g/mol. The number of primary amides is 1. The third-order valence-corrected chi connectivity index (χ3v) is 5.67. The molecule has 8 nitrogen and oxygen atoms in total. The first-order chi connectivity index (χ1) is 15.9. The Balaban J connectivity index is 1.55. The molecule has 0 unspecified atom stereocenters. The minimum atomic E-state index is -0.724. The Morgan fingerprint density at radius 3 is 2.45 bits per heavy atom. The van der Waals surface area contributed by atoms with Gasteiger partial charge in [-0.3, -0.25) is 9.59 Å². The molecule has 2 amide bonds. The van der Waals surface area contributed by atoms with Crippen LogP contribution in [0.5, 0.6) is 0 Å². The summed E-state index contributed by atoms with van der Waals surface area (Å²) in [5.41, 5.74) is 7.45. The quantitative estimate of drug-likeness (QED) is 0.385. The molecular formula is C23H17ClN4O4S. The van der Waals surface area contributed by atoms with Gasteiger partial charge in [-0.1, -0.05) is 41.9 Å². The first-order valence-corrected chi connectivity index (χ1v) is 10.9. The van der Waals surface area contributed by atoms with Crippen molar-refractivity contribution in [2.45, 2.75) is 0 Å². The van der Waals surface area contributed by atoms with E-state index in [0.717, 1.165) is 17.0 Å². The SMILES string of the molecule is NC(=O)c1ccsc1NC(=O)COC(=O)c1cn(-c2ccccc2)nc1-c1ccc(Cl)cc1. The van der Waals surface area contributed by atoms with Crippen LogP contribution in [0.2, 0.25) is 5.02 Å². The molecule has 0 atom stereocenters. The first kappa shape index (κ1) is 22.3. The maximum atomic E-state index is 12.9. The molecule has 2 heterocycles. The summed E-state index contributed by atoms with van der Waals surface area (Å²) >= 11 is 7.13. The molecule has 33 heavy (non-hydrogen) atoms. The lowest BCUT2D eigenvalue weighted by atomic mass is 10.1. The number of carbonyl (C=O) groups excluding carboxylic acids is 3. The standard InChI is InChI=1S/C23H17ClN4O4S/c24-15-8-6-14(7-9-15)20-18(12-28(27-20)16-4-2-1-3-5-16)23(31)32-13-19(29)26-22-17(21(25)30)10-11-33-22/h1-12H,13H2,(H2,25,30)(H,26,29).